The van der Waals surface area contributed by atoms with Crippen LogP contribution in [-0.4, -0.2) is 44.0 Å². The fourth-order valence-corrected chi connectivity index (χ4v) is 3.86. The number of carbonyl (C=O) groups is 1. The summed E-state index contributed by atoms with van der Waals surface area (Å²) < 4.78 is 25.0. The first-order chi connectivity index (χ1) is 9.58. The van der Waals surface area contributed by atoms with E-state index in [0.29, 0.717) is 26.1 Å². The quantitative estimate of drug-likeness (QED) is 0.873. The number of nitrogens with one attached hydrogen (secondary N) is 1. The molecule has 1 amide bonds. The molecule has 0 saturated carbocycles. The van der Waals surface area contributed by atoms with Crippen molar-refractivity contribution in [3.63, 3.8) is 0 Å². The average molecular weight is 296 g/mol. The summed E-state index contributed by atoms with van der Waals surface area (Å²) in [6, 6.07) is 9.48. The van der Waals surface area contributed by atoms with Gasteiger partial charge >= 0.3 is 0 Å². The van der Waals surface area contributed by atoms with Gasteiger partial charge in [0.25, 0.3) is 0 Å². The summed E-state index contributed by atoms with van der Waals surface area (Å²) in [5.74, 6) is 0.149. The molecule has 1 aromatic carbocycles. The Morgan fingerprint density at radius 2 is 1.95 bits per heavy atom. The molecule has 5 nitrogen and oxygen atoms in total. The van der Waals surface area contributed by atoms with Crippen molar-refractivity contribution < 1.29 is 13.2 Å². The molecule has 1 heterocycles. The van der Waals surface area contributed by atoms with Crippen LogP contribution >= 0.6 is 0 Å². The number of benzene rings is 1. The maximum absolute atomic E-state index is 11.8. The molecule has 0 unspecified atom stereocenters. The zero-order valence-electron chi connectivity index (χ0n) is 11.4. The van der Waals surface area contributed by atoms with Crippen LogP contribution in [0.5, 0.6) is 0 Å². The molecule has 6 heteroatoms. The smallest absolute Gasteiger partial charge is 0.224 e. The number of sulfonamides is 1. The van der Waals surface area contributed by atoms with Gasteiger partial charge in [-0.3, -0.25) is 4.79 Å². The molecule has 1 aliphatic rings. The van der Waals surface area contributed by atoms with E-state index < -0.39 is 10.0 Å². The highest BCUT2D eigenvalue weighted by atomic mass is 32.2. The molecule has 0 bridgehead atoms. The maximum atomic E-state index is 11.8. The molecule has 1 N–H and O–H groups in total. The lowest BCUT2D eigenvalue weighted by Crippen LogP contribution is -2.42. The van der Waals surface area contributed by atoms with Gasteiger partial charge in [0.15, 0.2) is 0 Å². The van der Waals surface area contributed by atoms with Gasteiger partial charge in [-0.05, 0) is 18.4 Å². The van der Waals surface area contributed by atoms with Crippen molar-refractivity contribution in [1.29, 1.82) is 0 Å². The first kappa shape index (κ1) is 15.0. The SMILES string of the molecule is O=C(Cc1ccccc1)NCCN1CCCCS1(=O)=O. The van der Waals surface area contributed by atoms with Crippen LogP contribution in [0.15, 0.2) is 30.3 Å². The Labute approximate surface area is 120 Å². The van der Waals surface area contributed by atoms with Gasteiger partial charge in [0, 0.05) is 19.6 Å². The number of carbonyl (C=O) groups excluding carboxylic acids is 1. The zero-order chi connectivity index (χ0) is 14.4. The zero-order valence-corrected chi connectivity index (χ0v) is 12.2. The Bertz CT molecular complexity index is 543. The first-order valence-electron chi connectivity index (χ1n) is 6.86. The van der Waals surface area contributed by atoms with Gasteiger partial charge in [0.05, 0.1) is 12.2 Å². The lowest BCUT2D eigenvalue weighted by molar-refractivity contribution is -0.120. The third kappa shape index (κ3) is 4.31. The highest BCUT2D eigenvalue weighted by Gasteiger charge is 2.24. The van der Waals surface area contributed by atoms with Crippen LogP contribution < -0.4 is 5.32 Å². The topological polar surface area (TPSA) is 66.5 Å². The Morgan fingerprint density at radius 1 is 1.20 bits per heavy atom. The fourth-order valence-electron chi connectivity index (χ4n) is 2.26. The molecule has 0 atom stereocenters. The van der Waals surface area contributed by atoms with Gasteiger partial charge in [0.1, 0.15) is 0 Å². The molecule has 1 fully saturated rings. The number of hydrogen-bond acceptors (Lipinski definition) is 3. The lowest BCUT2D eigenvalue weighted by Gasteiger charge is -2.26. The summed E-state index contributed by atoms with van der Waals surface area (Å²) in [6.45, 7) is 1.30. The van der Waals surface area contributed by atoms with Crippen molar-refractivity contribution in [1.82, 2.24) is 9.62 Å². The Kier molecular flexibility index (Phi) is 5.14. The standard InChI is InChI=1S/C14H20N2O3S/c17-14(12-13-6-2-1-3-7-13)15-8-10-16-9-4-5-11-20(16,18)19/h1-3,6-7H,4-5,8-12H2,(H,15,17). The Hall–Kier alpha value is -1.40. The van der Waals surface area contributed by atoms with E-state index in [4.69, 9.17) is 0 Å². The Balaban J connectivity index is 1.74. The Morgan fingerprint density at radius 3 is 2.65 bits per heavy atom. The van der Waals surface area contributed by atoms with Crippen molar-refractivity contribution in [3.8, 4) is 0 Å². The summed E-state index contributed by atoms with van der Waals surface area (Å²) in [4.78, 5) is 11.7. The van der Waals surface area contributed by atoms with Gasteiger partial charge in [0.2, 0.25) is 15.9 Å². The summed E-state index contributed by atoms with van der Waals surface area (Å²) in [7, 11) is -3.10. The molecular formula is C14H20N2O3S. The van der Waals surface area contributed by atoms with Crippen LogP contribution in [0, 0.1) is 0 Å². The van der Waals surface area contributed by atoms with E-state index in [2.05, 4.69) is 5.32 Å². The van der Waals surface area contributed by atoms with Crippen LogP contribution in [0.1, 0.15) is 18.4 Å². The van der Waals surface area contributed by atoms with Gasteiger partial charge in [-0.15, -0.1) is 0 Å². The minimum Gasteiger partial charge on any atom is -0.354 e. The van der Waals surface area contributed by atoms with Crippen molar-refractivity contribution >= 4 is 15.9 Å². The maximum Gasteiger partial charge on any atom is 0.224 e. The van der Waals surface area contributed by atoms with E-state index in [0.717, 1.165) is 18.4 Å². The number of amides is 1. The van der Waals surface area contributed by atoms with Crippen LogP contribution in [0.3, 0.4) is 0 Å². The van der Waals surface area contributed by atoms with E-state index >= 15 is 0 Å². The molecule has 0 aromatic heterocycles. The molecule has 20 heavy (non-hydrogen) atoms. The van der Waals surface area contributed by atoms with E-state index in [1.165, 1.54) is 4.31 Å². The van der Waals surface area contributed by atoms with E-state index in [1.807, 2.05) is 30.3 Å². The molecule has 0 radical (unpaired) electrons. The lowest BCUT2D eigenvalue weighted by atomic mass is 10.1. The second-order valence-corrected chi connectivity index (χ2v) is 7.02. The summed E-state index contributed by atoms with van der Waals surface area (Å²) in [5, 5.41) is 2.77. The molecule has 110 valence electrons. The largest absolute Gasteiger partial charge is 0.354 e. The molecule has 1 aliphatic heterocycles. The molecular weight excluding hydrogens is 276 g/mol. The van der Waals surface area contributed by atoms with Crippen molar-refractivity contribution in [3.05, 3.63) is 35.9 Å². The van der Waals surface area contributed by atoms with Crippen LogP contribution in [0.2, 0.25) is 0 Å². The molecule has 1 aromatic rings. The van der Waals surface area contributed by atoms with Crippen molar-refractivity contribution in [2.45, 2.75) is 19.3 Å². The van der Waals surface area contributed by atoms with Crippen molar-refractivity contribution in [2.24, 2.45) is 0 Å². The van der Waals surface area contributed by atoms with Crippen LogP contribution in [0.4, 0.5) is 0 Å². The highest BCUT2D eigenvalue weighted by molar-refractivity contribution is 7.89. The molecule has 0 spiro atoms. The summed E-state index contributed by atoms with van der Waals surface area (Å²) >= 11 is 0. The summed E-state index contributed by atoms with van der Waals surface area (Å²) in [6.07, 6.45) is 1.96. The first-order valence-corrected chi connectivity index (χ1v) is 8.47. The summed E-state index contributed by atoms with van der Waals surface area (Å²) in [5.41, 5.74) is 0.954. The third-order valence-corrected chi connectivity index (χ3v) is 5.30. The minimum absolute atomic E-state index is 0.0781. The average Bonchev–Trinajstić information content (AvgIpc) is 2.41. The normalized spacial score (nSPS) is 18.6. The number of nitrogens with zero attached hydrogens (tertiary/aromatic N) is 1. The van der Waals surface area contributed by atoms with Gasteiger partial charge in [-0.1, -0.05) is 30.3 Å². The van der Waals surface area contributed by atoms with Crippen LogP contribution in [0.25, 0.3) is 0 Å². The predicted molar refractivity (Wildman–Crippen MR) is 77.7 cm³/mol. The minimum atomic E-state index is -3.10. The van der Waals surface area contributed by atoms with E-state index in [9.17, 15) is 13.2 Å². The molecule has 1 saturated heterocycles. The van der Waals surface area contributed by atoms with Crippen LogP contribution in [-0.2, 0) is 21.2 Å². The van der Waals surface area contributed by atoms with Gasteiger partial charge in [-0.25, -0.2) is 12.7 Å². The number of rotatable bonds is 5. The fraction of sp³-hybridized carbons (Fsp3) is 0.500. The monoisotopic (exact) mass is 296 g/mol. The molecule has 0 aliphatic carbocycles. The van der Waals surface area contributed by atoms with Crippen molar-refractivity contribution in [2.75, 3.05) is 25.4 Å². The molecule has 2 rings (SSSR count). The highest BCUT2D eigenvalue weighted by Crippen LogP contribution is 2.12. The third-order valence-electron chi connectivity index (χ3n) is 3.34. The second kappa shape index (κ2) is 6.85. The predicted octanol–water partition coefficient (Wildman–Crippen LogP) is 0.771. The number of hydrogen-bond donors (Lipinski definition) is 1. The van der Waals surface area contributed by atoms with E-state index in [1.54, 1.807) is 0 Å². The van der Waals surface area contributed by atoms with Gasteiger partial charge in [-0.2, -0.15) is 0 Å². The second-order valence-electron chi connectivity index (χ2n) is 4.93. The van der Waals surface area contributed by atoms with Gasteiger partial charge < -0.3 is 5.32 Å². The van der Waals surface area contributed by atoms with E-state index in [-0.39, 0.29) is 11.7 Å².